The molecule has 3 unspecified atom stereocenters. The molecule has 0 bridgehead atoms. The predicted octanol–water partition coefficient (Wildman–Crippen LogP) is 3.15. The fourth-order valence-corrected chi connectivity index (χ4v) is 3.57. The minimum Gasteiger partial charge on any atom is -0.477 e. The quantitative estimate of drug-likeness (QED) is 0.836. The van der Waals surface area contributed by atoms with Gasteiger partial charge in [0.05, 0.1) is 18.0 Å². The van der Waals surface area contributed by atoms with Crippen molar-refractivity contribution in [2.24, 2.45) is 22.9 Å². The number of hydrazone groups is 1. The molecule has 0 aromatic rings. The summed E-state index contributed by atoms with van der Waals surface area (Å²) in [7, 11) is 0. The van der Waals surface area contributed by atoms with E-state index in [1.807, 2.05) is 32.1 Å². The Morgan fingerprint density at radius 2 is 2.08 bits per heavy atom. The molecule has 26 heavy (non-hydrogen) atoms. The molecule has 3 aliphatic rings. The summed E-state index contributed by atoms with van der Waals surface area (Å²) in [6.07, 6.45) is 9.75. The van der Waals surface area contributed by atoms with Gasteiger partial charge in [0.1, 0.15) is 0 Å². The van der Waals surface area contributed by atoms with E-state index in [9.17, 15) is 18.8 Å². The summed E-state index contributed by atoms with van der Waals surface area (Å²) in [5.74, 6) is -6.70. The van der Waals surface area contributed by atoms with Crippen LogP contribution >= 0.6 is 0 Å². The second-order valence-corrected chi connectivity index (χ2v) is 6.83. The second kappa shape index (κ2) is 6.52. The van der Waals surface area contributed by atoms with E-state index < -0.39 is 23.5 Å². The number of alkyl halides is 2. The van der Waals surface area contributed by atoms with Gasteiger partial charge in [-0.3, -0.25) is 5.01 Å². The highest BCUT2D eigenvalue weighted by Gasteiger charge is 2.46. The molecule has 3 rings (SSSR count). The van der Waals surface area contributed by atoms with Crippen LogP contribution in [0.5, 0.6) is 0 Å². The lowest BCUT2D eigenvalue weighted by molar-refractivity contribution is -0.159. The molecule has 0 radical (unpaired) electrons. The van der Waals surface area contributed by atoms with Crippen LogP contribution in [0.3, 0.4) is 0 Å². The molecule has 4 atom stereocenters. The van der Waals surface area contributed by atoms with Crippen molar-refractivity contribution in [1.82, 2.24) is 5.01 Å². The first-order chi connectivity index (χ1) is 12.2. The van der Waals surface area contributed by atoms with Crippen LogP contribution in [0.4, 0.5) is 8.78 Å². The summed E-state index contributed by atoms with van der Waals surface area (Å²) in [5.41, 5.74) is 1.28. The highest BCUT2D eigenvalue weighted by Crippen LogP contribution is 2.36. The zero-order valence-corrected chi connectivity index (χ0v) is 14.4. The van der Waals surface area contributed by atoms with E-state index in [0.29, 0.717) is 6.54 Å². The zero-order chi connectivity index (χ0) is 19.1. The first kappa shape index (κ1) is 18.1. The van der Waals surface area contributed by atoms with Crippen LogP contribution in [0.2, 0.25) is 0 Å². The van der Waals surface area contributed by atoms with Gasteiger partial charge < -0.3 is 5.11 Å². The lowest BCUT2D eigenvalue weighted by Gasteiger charge is -2.32. The van der Waals surface area contributed by atoms with Crippen molar-refractivity contribution in [2.75, 3.05) is 6.54 Å². The van der Waals surface area contributed by atoms with Crippen LogP contribution in [-0.4, -0.2) is 40.3 Å². The number of carbonyl (C=O) groups is 1. The molecule has 0 aromatic carbocycles. The van der Waals surface area contributed by atoms with Crippen LogP contribution in [-0.2, 0) is 4.79 Å². The average Bonchev–Trinajstić information content (AvgIpc) is 2.90. The summed E-state index contributed by atoms with van der Waals surface area (Å²) < 4.78 is 27.8. The molecule has 0 fully saturated rings. The fourth-order valence-electron chi connectivity index (χ4n) is 3.57. The number of carboxylic acid groups (broad SMARTS) is 1. The van der Waals surface area contributed by atoms with Gasteiger partial charge in [0, 0.05) is 29.7 Å². The van der Waals surface area contributed by atoms with Crippen LogP contribution in [0.1, 0.15) is 13.8 Å². The molecule has 0 amide bonds. The molecule has 136 valence electrons. The first-order valence-electron chi connectivity index (χ1n) is 8.33. The molecule has 2 aliphatic carbocycles. The summed E-state index contributed by atoms with van der Waals surface area (Å²) >= 11 is 0. The van der Waals surface area contributed by atoms with Gasteiger partial charge in [-0.25, -0.2) is 4.79 Å². The van der Waals surface area contributed by atoms with Crippen LogP contribution in [0, 0.1) is 29.1 Å². The fraction of sp³-hybridized carbons (Fsp3) is 0.421. The number of hydrogen-bond donors (Lipinski definition) is 1. The summed E-state index contributed by atoms with van der Waals surface area (Å²) in [5, 5.41) is 24.3. The number of nitrogens with zero attached hydrogens (tertiary/aromatic N) is 3. The number of rotatable bonds is 4. The third-order valence-electron chi connectivity index (χ3n) is 5.00. The molecule has 5 nitrogen and oxygen atoms in total. The number of carboxylic acids is 1. The van der Waals surface area contributed by atoms with Crippen LogP contribution < -0.4 is 0 Å². The largest absolute Gasteiger partial charge is 0.477 e. The highest BCUT2D eigenvalue weighted by molar-refractivity contribution is 5.89. The van der Waals surface area contributed by atoms with E-state index in [1.54, 1.807) is 11.1 Å². The maximum atomic E-state index is 13.9. The van der Waals surface area contributed by atoms with Crippen molar-refractivity contribution in [3.8, 4) is 6.07 Å². The normalized spacial score (nSPS) is 30.3. The smallest absolute Gasteiger partial charge is 0.379 e. The number of nitriles is 1. The van der Waals surface area contributed by atoms with Crippen molar-refractivity contribution in [2.45, 2.75) is 25.8 Å². The second-order valence-electron chi connectivity index (χ2n) is 6.83. The van der Waals surface area contributed by atoms with Crippen molar-refractivity contribution in [3.63, 3.8) is 0 Å². The van der Waals surface area contributed by atoms with Gasteiger partial charge in [-0.1, -0.05) is 36.0 Å². The molecule has 1 heterocycles. The van der Waals surface area contributed by atoms with Gasteiger partial charge in [0.25, 0.3) is 0 Å². The Morgan fingerprint density at radius 1 is 1.35 bits per heavy atom. The van der Waals surface area contributed by atoms with Gasteiger partial charge in [0.2, 0.25) is 0 Å². The lowest BCUT2D eigenvalue weighted by Crippen LogP contribution is -2.39. The molecular formula is C19H19F2N3O2. The predicted molar refractivity (Wildman–Crippen MR) is 92.4 cm³/mol. The summed E-state index contributed by atoms with van der Waals surface area (Å²) in [6.45, 7) is 4.15. The zero-order valence-electron chi connectivity index (χ0n) is 14.4. The molecule has 1 N–H and O–H groups in total. The van der Waals surface area contributed by atoms with E-state index in [1.165, 1.54) is 12.2 Å². The molecule has 7 heteroatoms. The molecule has 1 aliphatic heterocycles. The Labute approximate surface area is 150 Å². The SMILES string of the molecule is CC1=C[C@H](CN2N=C(C)C3C=CC(C(F)(F)C(=O)O)=CC32)C(C#N)C=C1. The van der Waals surface area contributed by atoms with Crippen molar-refractivity contribution in [3.05, 3.63) is 47.6 Å². The minimum absolute atomic E-state index is 0.108. The first-order valence-corrected chi connectivity index (χ1v) is 8.33. The standard InChI is InChI=1S/C19H19F2N3O2/c1-11-3-4-13(9-22)14(7-11)10-24-17-8-15(19(20,21)18(25)26)5-6-16(17)12(2)23-24/h3-8,13-14,16-17H,10H2,1-2H3,(H,25,26)/t13?,14-,16?,17?/m1/s1. The minimum atomic E-state index is -3.94. The van der Waals surface area contributed by atoms with E-state index >= 15 is 0 Å². The van der Waals surface area contributed by atoms with Crippen molar-refractivity contribution >= 4 is 11.7 Å². The summed E-state index contributed by atoms with van der Waals surface area (Å²) in [4.78, 5) is 10.9. The molecule has 0 aromatic heterocycles. The maximum Gasteiger partial charge on any atom is 0.379 e. The molecule has 0 saturated carbocycles. The molecule has 0 saturated heterocycles. The number of fused-ring (bicyclic) bond motifs is 1. The van der Waals surface area contributed by atoms with E-state index in [4.69, 9.17) is 5.11 Å². The monoisotopic (exact) mass is 359 g/mol. The van der Waals surface area contributed by atoms with Crippen molar-refractivity contribution in [1.29, 1.82) is 5.26 Å². The number of halogens is 2. The molecule has 0 spiro atoms. The Bertz CT molecular complexity index is 817. The average molecular weight is 359 g/mol. The van der Waals surface area contributed by atoms with Gasteiger partial charge in [-0.15, -0.1) is 0 Å². The highest BCUT2D eigenvalue weighted by atomic mass is 19.3. The van der Waals surface area contributed by atoms with Gasteiger partial charge in [-0.05, 0) is 19.9 Å². The Hall–Kier alpha value is -2.75. The van der Waals surface area contributed by atoms with Crippen LogP contribution in [0.15, 0.2) is 52.7 Å². The van der Waals surface area contributed by atoms with E-state index in [0.717, 1.165) is 11.3 Å². The van der Waals surface area contributed by atoms with Crippen LogP contribution in [0.25, 0.3) is 0 Å². The van der Waals surface area contributed by atoms with Gasteiger partial charge >= 0.3 is 11.9 Å². The lowest BCUT2D eigenvalue weighted by atomic mass is 9.84. The molecular weight excluding hydrogens is 340 g/mol. The third kappa shape index (κ3) is 3.07. The number of hydrogen-bond acceptors (Lipinski definition) is 4. The van der Waals surface area contributed by atoms with E-state index in [-0.39, 0.29) is 17.8 Å². The Kier molecular flexibility index (Phi) is 4.53. The third-order valence-corrected chi connectivity index (χ3v) is 5.00. The van der Waals surface area contributed by atoms with E-state index in [2.05, 4.69) is 11.2 Å². The van der Waals surface area contributed by atoms with Gasteiger partial charge in [0.15, 0.2) is 0 Å². The van der Waals surface area contributed by atoms with Crippen molar-refractivity contribution < 1.29 is 18.7 Å². The number of aliphatic carboxylic acids is 1. The Morgan fingerprint density at radius 3 is 2.73 bits per heavy atom. The number of allylic oxidation sites excluding steroid dienone is 4. The maximum absolute atomic E-state index is 13.9. The summed E-state index contributed by atoms with van der Waals surface area (Å²) in [6, 6.07) is 1.77. The van der Waals surface area contributed by atoms with Gasteiger partial charge in [-0.2, -0.15) is 19.1 Å². The topological polar surface area (TPSA) is 76.7 Å². The Balaban J connectivity index is 1.86.